The van der Waals surface area contributed by atoms with Crippen LogP contribution in [0.3, 0.4) is 0 Å². The van der Waals surface area contributed by atoms with Gasteiger partial charge in [0.2, 0.25) is 0 Å². The van der Waals surface area contributed by atoms with Gasteiger partial charge in [0, 0.05) is 25.0 Å². The van der Waals surface area contributed by atoms with Crippen molar-refractivity contribution in [2.24, 2.45) is 5.92 Å². The number of rotatable bonds is 7. The molecular weight excluding hydrogens is 310 g/mol. The average Bonchev–Trinajstić information content (AvgIpc) is 3.20. The first-order valence-electron chi connectivity index (χ1n) is 8.30. The fourth-order valence-electron chi connectivity index (χ4n) is 2.88. The first kappa shape index (κ1) is 16.6. The SMILES string of the molecule is CC1CCN(CC(O)CNCc2csc(-c3ccco3)n2)CC1. The molecule has 2 aromatic heterocycles. The molecule has 2 N–H and O–H groups in total. The number of nitrogens with one attached hydrogen (secondary N) is 1. The lowest BCUT2D eigenvalue weighted by molar-refractivity contribution is 0.0906. The van der Waals surface area contributed by atoms with E-state index in [0.717, 1.165) is 42.0 Å². The second kappa shape index (κ2) is 8.06. The molecule has 0 saturated carbocycles. The lowest BCUT2D eigenvalue weighted by atomic mass is 9.99. The Hall–Kier alpha value is -1.21. The number of aliphatic hydroxyl groups excluding tert-OH is 1. The van der Waals surface area contributed by atoms with Crippen LogP contribution >= 0.6 is 11.3 Å². The topological polar surface area (TPSA) is 61.5 Å². The van der Waals surface area contributed by atoms with Gasteiger partial charge in [0.05, 0.1) is 18.1 Å². The molecule has 1 aliphatic heterocycles. The van der Waals surface area contributed by atoms with Gasteiger partial charge in [0.1, 0.15) is 0 Å². The highest BCUT2D eigenvalue weighted by atomic mass is 32.1. The van der Waals surface area contributed by atoms with Gasteiger partial charge < -0.3 is 19.7 Å². The highest BCUT2D eigenvalue weighted by molar-refractivity contribution is 7.13. The normalized spacial score (nSPS) is 18.3. The number of piperidine rings is 1. The molecule has 3 heterocycles. The van der Waals surface area contributed by atoms with Crippen LogP contribution < -0.4 is 5.32 Å². The second-order valence-corrected chi connectivity index (χ2v) is 7.25. The van der Waals surface area contributed by atoms with Crippen LogP contribution in [0, 0.1) is 5.92 Å². The Morgan fingerprint density at radius 1 is 1.48 bits per heavy atom. The number of hydrogen-bond donors (Lipinski definition) is 2. The monoisotopic (exact) mass is 335 g/mol. The quantitative estimate of drug-likeness (QED) is 0.814. The van der Waals surface area contributed by atoms with Crippen molar-refractivity contribution >= 4 is 11.3 Å². The molecule has 1 saturated heterocycles. The van der Waals surface area contributed by atoms with E-state index in [-0.39, 0.29) is 6.10 Å². The molecule has 0 aromatic carbocycles. The van der Waals surface area contributed by atoms with Gasteiger partial charge in [-0.05, 0) is 44.0 Å². The van der Waals surface area contributed by atoms with E-state index < -0.39 is 0 Å². The Bertz CT molecular complexity index is 576. The van der Waals surface area contributed by atoms with Gasteiger partial charge in [-0.25, -0.2) is 4.98 Å². The predicted molar refractivity (Wildman–Crippen MR) is 92.4 cm³/mol. The molecule has 0 aliphatic carbocycles. The Morgan fingerprint density at radius 2 is 2.30 bits per heavy atom. The summed E-state index contributed by atoms with van der Waals surface area (Å²) in [5.41, 5.74) is 0.986. The first-order valence-corrected chi connectivity index (χ1v) is 9.18. The Balaban J connectivity index is 1.37. The zero-order valence-electron chi connectivity index (χ0n) is 13.6. The molecule has 1 fully saturated rings. The molecule has 23 heavy (non-hydrogen) atoms. The minimum absolute atomic E-state index is 0.327. The fourth-order valence-corrected chi connectivity index (χ4v) is 3.66. The van der Waals surface area contributed by atoms with E-state index in [1.165, 1.54) is 12.8 Å². The Kier molecular flexibility index (Phi) is 5.83. The largest absolute Gasteiger partial charge is 0.462 e. The molecule has 5 nitrogen and oxygen atoms in total. The number of furan rings is 1. The van der Waals surface area contributed by atoms with E-state index in [2.05, 4.69) is 22.1 Å². The summed E-state index contributed by atoms with van der Waals surface area (Å²) in [5, 5.41) is 16.4. The minimum Gasteiger partial charge on any atom is -0.462 e. The minimum atomic E-state index is -0.327. The lowest BCUT2D eigenvalue weighted by Gasteiger charge is -2.31. The van der Waals surface area contributed by atoms with E-state index in [1.54, 1.807) is 17.6 Å². The van der Waals surface area contributed by atoms with Gasteiger partial charge in [-0.2, -0.15) is 0 Å². The highest BCUT2D eigenvalue weighted by Crippen LogP contribution is 2.23. The number of nitrogens with zero attached hydrogens (tertiary/aromatic N) is 2. The van der Waals surface area contributed by atoms with Crippen LogP contribution in [0.25, 0.3) is 10.8 Å². The number of β-amino-alcohol motifs (C(OH)–C–C–N with tert-alkyl or cyclic N) is 1. The van der Waals surface area contributed by atoms with E-state index in [1.807, 2.05) is 17.5 Å². The van der Waals surface area contributed by atoms with Gasteiger partial charge in [-0.3, -0.25) is 0 Å². The third-order valence-corrected chi connectivity index (χ3v) is 5.22. The van der Waals surface area contributed by atoms with Crippen molar-refractivity contribution in [1.29, 1.82) is 0 Å². The van der Waals surface area contributed by atoms with Crippen LogP contribution in [-0.4, -0.2) is 47.3 Å². The number of aliphatic hydroxyl groups is 1. The number of thiazole rings is 1. The standard InChI is InChI=1S/C17H25N3O2S/c1-13-4-6-20(7-5-13)11-15(21)10-18-9-14-12-23-17(19-14)16-3-2-8-22-16/h2-3,8,12-13,15,18,21H,4-7,9-11H2,1H3. The molecule has 6 heteroatoms. The maximum atomic E-state index is 10.2. The second-order valence-electron chi connectivity index (χ2n) is 6.39. The summed E-state index contributed by atoms with van der Waals surface area (Å²) in [7, 11) is 0. The molecule has 1 atom stereocenters. The summed E-state index contributed by atoms with van der Waals surface area (Å²) in [6.07, 6.45) is 3.82. The van der Waals surface area contributed by atoms with E-state index in [0.29, 0.717) is 13.1 Å². The van der Waals surface area contributed by atoms with Gasteiger partial charge >= 0.3 is 0 Å². The van der Waals surface area contributed by atoms with Crippen molar-refractivity contribution in [2.75, 3.05) is 26.2 Å². The van der Waals surface area contributed by atoms with E-state index >= 15 is 0 Å². The van der Waals surface area contributed by atoms with Crippen molar-refractivity contribution in [1.82, 2.24) is 15.2 Å². The van der Waals surface area contributed by atoms with Crippen molar-refractivity contribution in [3.63, 3.8) is 0 Å². The summed E-state index contributed by atoms with van der Waals surface area (Å²) < 4.78 is 5.35. The van der Waals surface area contributed by atoms with Crippen molar-refractivity contribution < 1.29 is 9.52 Å². The summed E-state index contributed by atoms with van der Waals surface area (Å²) in [6.45, 7) is 6.55. The molecule has 0 spiro atoms. The molecule has 0 radical (unpaired) electrons. The van der Waals surface area contributed by atoms with Crippen LogP contribution in [0.5, 0.6) is 0 Å². The molecule has 126 valence electrons. The third-order valence-electron chi connectivity index (χ3n) is 4.31. The van der Waals surface area contributed by atoms with Gasteiger partial charge in [0.15, 0.2) is 10.8 Å². The van der Waals surface area contributed by atoms with Crippen LogP contribution in [0.15, 0.2) is 28.2 Å². The zero-order valence-corrected chi connectivity index (χ0v) is 14.4. The highest BCUT2D eigenvalue weighted by Gasteiger charge is 2.18. The fraction of sp³-hybridized carbons (Fsp3) is 0.588. The molecule has 1 unspecified atom stereocenters. The lowest BCUT2D eigenvalue weighted by Crippen LogP contribution is -2.41. The maximum Gasteiger partial charge on any atom is 0.162 e. The predicted octanol–water partition coefficient (Wildman–Crippen LogP) is 2.59. The number of aromatic nitrogens is 1. The van der Waals surface area contributed by atoms with Crippen LogP contribution in [-0.2, 0) is 6.54 Å². The van der Waals surface area contributed by atoms with Gasteiger partial charge in [-0.15, -0.1) is 11.3 Å². The number of likely N-dealkylation sites (tertiary alicyclic amines) is 1. The first-order chi connectivity index (χ1) is 11.2. The third kappa shape index (κ3) is 4.88. The Morgan fingerprint density at radius 3 is 3.04 bits per heavy atom. The van der Waals surface area contributed by atoms with Gasteiger partial charge in [-0.1, -0.05) is 6.92 Å². The molecule has 0 amide bonds. The van der Waals surface area contributed by atoms with Crippen molar-refractivity contribution in [3.05, 3.63) is 29.5 Å². The molecule has 0 bridgehead atoms. The maximum absolute atomic E-state index is 10.2. The summed E-state index contributed by atoms with van der Waals surface area (Å²) in [5.74, 6) is 1.63. The van der Waals surface area contributed by atoms with E-state index in [9.17, 15) is 5.11 Å². The summed E-state index contributed by atoms with van der Waals surface area (Å²) >= 11 is 1.58. The summed E-state index contributed by atoms with van der Waals surface area (Å²) in [6, 6.07) is 3.78. The average molecular weight is 335 g/mol. The molecule has 3 rings (SSSR count). The smallest absolute Gasteiger partial charge is 0.162 e. The Labute approximate surface area is 141 Å². The molecule has 2 aromatic rings. The van der Waals surface area contributed by atoms with E-state index in [4.69, 9.17) is 4.42 Å². The molecular formula is C17H25N3O2S. The number of hydrogen-bond acceptors (Lipinski definition) is 6. The molecule has 1 aliphatic rings. The van der Waals surface area contributed by atoms with Crippen molar-refractivity contribution in [2.45, 2.75) is 32.4 Å². The van der Waals surface area contributed by atoms with Crippen LogP contribution in [0.4, 0.5) is 0 Å². The van der Waals surface area contributed by atoms with Crippen molar-refractivity contribution in [3.8, 4) is 10.8 Å². The van der Waals surface area contributed by atoms with Crippen LogP contribution in [0.2, 0.25) is 0 Å². The van der Waals surface area contributed by atoms with Crippen LogP contribution in [0.1, 0.15) is 25.5 Å². The summed E-state index contributed by atoms with van der Waals surface area (Å²) in [4.78, 5) is 6.91. The zero-order chi connectivity index (χ0) is 16.1. The van der Waals surface area contributed by atoms with Gasteiger partial charge in [0.25, 0.3) is 0 Å².